The second kappa shape index (κ2) is 6.07. The quantitative estimate of drug-likeness (QED) is 0.889. The van der Waals surface area contributed by atoms with Crippen molar-refractivity contribution in [2.24, 2.45) is 0 Å². The van der Waals surface area contributed by atoms with Crippen LogP contribution in [0.5, 0.6) is 5.75 Å². The van der Waals surface area contributed by atoms with E-state index < -0.39 is 10.0 Å². The summed E-state index contributed by atoms with van der Waals surface area (Å²) in [6.07, 6.45) is 0. The molecule has 21 heavy (non-hydrogen) atoms. The van der Waals surface area contributed by atoms with Gasteiger partial charge in [-0.3, -0.25) is 4.72 Å². The number of aryl methyl sites for hydroxylation is 2. The third kappa shape index (κ3) is 3.57. The first-order chi connectivity index (χ1) is 9.83. The molecule has 0 amide bonds. The molecule has 0 aliphatic heterocycles. The van der Waals surface area contributed by atoms with Crippen molar-refractivity contribution < 1.29 is 13.2 Å². The molecule has 0 bridgehead atoms. The van der Waals surface area contributed by atoms with Gasteiger partial charge < -0.3 is 4.74 Å². The van der Waals surface area contributed by atoms with Crippen LogP contribution in [0.25, 0.3) is 0 Å². The number of hydrogen-bond acceptors (Lipinski definition) is 3. The van der Waals surface area contributed by atoms with Crippen molar-refractivity contribution >= 4 is 31.6 Å². The first-order valence-corrected chi connectivity index (χ1v) is 8.55. The zero-order valence-corrected chi connectivity index (χ0v) is 14.4. The number of benzene rings is 2. The second-order valence-electron chi connectivity index (χ2n) is 4.72. The Morgan fingerprint density at radius 3 is 2.29 bits per heavy atom. The van der Waals surface area contributed by atoms with Crippen LogP contribution in [-0.4, -0.2) is 15.5 Å². The summed E-state index contributed by atoms with van der Waals surface area (Å²) in [6, 6.07) is 10.4. The highest BCUT2D eigenvalue weighted by molar-refractivity contribution is 9.10. The summed E-state index contributed by atoms with van der Waals surface area (Å²) >= 11 is 3.35. The molecule has 2 rings (SSSR count). The van der Waals surface area contributed by atoms with Crippen molar-refractivity contribution in [1.82, 2.24) is 0 Å². The van der Waals surface area contributed by atoms with Crippen molar-refractivity contribution in [2.75, 3.05) is 11.8 Å². The summed E-state index contributed by atoms with van der Waals surface area (Å²) in [5.74, 6) is 0.315. The zero-order chi connectivity index (χ0) is 15.6. The predicted molar refractivity (Wildman–Crippen MR) is 87.4 cm³/mol. The van der Waals surface area contributed by atoms with Gasteiger partial charge >= 0.3 is 0 Å². The van der Waals surface area contributed by atoms with Crippen LogP contribution in [0.1, 0.15) is 11.1 Å². The van der Waals surface area contributed by atoms with Crippen molar-refractivity contribution in [1.29, 1.82) is 0 Å². The number of nitrogens with one attached hydrogen (secondary N) is 1. The molecular weight excluding hydrogens is 354 g/mol. The van der Waals surface area contributed by atoms with Crippen LogP contribution in [0, 0.1) is 13.8 Å². The molecule has 0 unspecified atom stereocenters. The molecule has 4 nitrogen and oxygen atoms in total. The van der Waals surface area contributed by atoms with Gasteiger partial charge in [0.2, 0.25) is 0 Å². The van der Waals surface area contributed by atoms with Crippen LogP contribution in [0.2, 0.25) is 0 Å². The predicted octanol–water partition coefficient (Wildman–Crippen LogP) is 3.88. The topological polar surface area (TPSA) is 55.4 Å². The van der Waals surface area contributed by atoms with Gasteiger partial charge in [-0.25, -0.2) is 8.42 Å². The summed E-state index contributed by atoms with van der Waals surface area (Å²) in [5.41, 5.74) is 2.48. The average molecular weight is 370 g/mol. The maximum absolute atomic E-state index is 12.5. The third-order valence-corrected chi connectivity index (χ3v) is 5.30. The lowest BCUT2D eigenvalue weighted by Crippen LogP contribution is -2.14. The van der Waals surface area contributed by atoms with Crippen molar-refractivity contribution in [2.45, 2.75) is 18.7 Å². The number of ether oxygens (including phenoxy) is 1. The van der Waals surface area contributed by atoms with Gasteiger partial charge in [0, 0.05) is 10.2 Å². The maximum Gasteiger partial charge on any atom is 0.265 e. The molecule has 0 fully saturated rings. The van der Waals surface area contributed by atoms with E-state index in [1.54, 1.807) is 24.3 Å². The number of hydrogen-bond donors (Lipinski definition) is 1. The average Bonchev–Trinajstić information content (AvgIpc) is 2.43. The third-order valence-electron chi connectivity index (χ3n) is 3.04. The van der Waals surface area contributed by atoms with Crippen LogP contribution < -0.4 is 9.46 Å². The molecule has 0 heterocycles. The number of halogens is 1. The number of rotatable bonds is 4. The first-order valence-electron chi connectivity index (χ1n) is 6.27. The van der Waals surface area contributed by atoms with Crippen LogP contribution in [-0.2, 0) is 10.0 Å². The normalized spacial score (nSPS) is 11.2. The van der Waals surface area contributed by atoms with Crippen molar-refractivity contribution in [3.63, 3.8) is 0 Å². The lowest BCUT2D eigenvalue weighted by molar-refractivity contribution is 0.402. The van der Waals surface area contributed by atoms with Crippen LogP contribution in [0.15, 0.2) is 45.8 Å². The monoisotopic (exact) mass is 369 g/mol. The van der Waals surface area contributed by atoms with Gasteiger partial charge in [-0.1, -0.05) is 33.6 Å². The minimum absolute atomic E-state index is 0.100. The Hall–Kier alpha value is -1.53. The fourth-order valence-electron chi connectivity index (χ4n) is 1.84. The Bertz CT molecular complexity index is 755. The van der Waals surface area contributed by atoms with Crippen molar-refractivity contribution in [3.05, 3.63) is 52.0 Å². The molecule has 0 aliphatic rings. The summed E-state index contributed by atoms with van der Waals surface area (Å²) < 4.78 is 33.5. The number of anilines is 1. The molecule has 112 valence electrons. The number of sulfonamides is 1. The van der Waals surface area contributed by atoms with Crippen LogP contribution >= 0.6 is 15.9 Å². The molecule has 2 aromatic rings. The summed E-state index contributed by atoms with van der Waals surface area (Å²) in [4.78, 5) is 0.100. The van der Waals surface area contributed by atoms with E-state index in [9.17, 15) is 8.42 Å². The Kier molecular flexibility index (Phi) is 4.58. The minimum atomic E-state index is -3.71. The smallest absolute Gasteiger partial charge is 0.265 e. The lowest BCUT2D eigenvalue weighted by Gasteiger charge is -2.13. The first kappa shape index (κ1) is 15.9. The molecule has 0 atom stereocenters. The summed E-state index contributed by atoms with van der Waals surface area (Å²) in [7, 11) is -2.26. The standard InChI is InChI=1S/C15H16BrNO3S/c1-10-4-6-12(7-5-10)17-21(18,19)15-9-13(16)11(2)8-14(15)20-3/h4-9,17H,1-3H3. The highest BCUT2D eigenvalue weighted by Gasteiger charge is 2.21. The molecule has 0 saturated carbocycles. The molecule has 1 N–H and O–H groups in total. The molecule has 0 radical (unpaired) electrons. The highest BCUT2D eigenvalue weighted by Crippen LogP contribution is 2.31. The SMILES string of the molecule is COc1cc(C)c(Br)cc1S(=O)(=O)Nc1ccc(C)cc1. The van der Waals surface area contributed by atoms with Gasteiger partial charge in [0.1, 0.15) is 10.6 Å². The van der Waals surface area contributed by atoms with E-state index in [2.05, 4.69) is 20.7 Å². The van der Waals surface area contributed by atoms with E-state index in [1.165, 1.54) is 7.11 Å². The minimum Gasteiger partial charge on any atom is -0.495 e. The molecule has 6 heteroatoms. The maximum atomic E-state index is 12.5. The van der Waals surface area contributed by atoms with E-state index in [1.807, 2.05) is 26.0 Å². The Morgan fingerprint density at radius 1 is 1.10 bits per heavy atom. The number of methoxy groups -OCH3 is 1. The van der Waals surface area contributed by atoms with E-state index in [4.69, 9.17) is 4.74 Å². The molecular formula is C15H16BrNO3S. The molecule has 0 spiro atoms. The van der Waals surface area contributed by atoms with Crippen molar-refractivity contribution in [3.8, 4) is 5.75 Å². The largest absolute Gasteiger partial charge is 0.495 e. The molecule has 0 aliphatic carbocycles. The Morgan fingerprint density at radius 2 is 1.71 bits per heavy atom. The molecule has 0 aromatic heterocycles. The highest BCUT2D eigenvalue weighted by atomic mass is 79.9. The van der Waals surface area contributed by atoms with Gasteiger partial charge in [-0.2, -0.15) is 0 Å². The van der Waals surface area contributed by atoms with E-state index in [0.717, 1.165) is 11.1 Å². The van der Waals surface area contributed by atoms with Gasteiger partial charge in [0.15, 0.2) is 0 Å². The van der Waals surface area contributed by atoms with E-state index >= 15 is 0 Å². The molecule has 0 saturated heterocycles. The lowest BCUT2D eigenvalue weighted by atomic mass is 10.2. The Labute approximate surface area is 133 Å². The van der Waals surface area contributed by atoms with Gasteiger partial charge in [-0.05, 0) is 43.7 Å². The summed E-state index contributed by atoms with van der Waals surface area (Å²) in [6.45, 7) is 3.81. The summed E-state index contributed by atoms with van der Waals surface area (Å²) in [5, 5.41) is 0. The van der Waals surface area contributed by atoms with Gasteiger partial charge in [0.05, 0.1) is 7.11 Å². The Balaban J connectivity index is 2.44. The fourth-order valence-corrected chi connectivity index (χ4v) is 3.57. The van der Waals surface area contributed by atoms with Crippen LogP contribution in [0.3, 0.4) is 0 Å². The second-order valence-corrected chi connectivity index (χ2v) is 7.23. The van der Waals surface area contributed by atoms with Gasteiger partial charge in [-0.15, -0.1) is 0 Å². The molecule has 2 aromatic carbocycles. The zero-order valence-electron chi connectivity index (χ0n) is 12.0. The fraction of sp³-hybridized carbons (Fsp3) is 0.200. The van der Waals surface area contributed by atoms with Crippen LogP contribution in [0.4, 0.5) is 5.69 Å². The van der Waals surface area contributed by atoms with Gasteiger partial charge in [0.25, 0.3) is 10.0 Å². The van der Waals surface area contributed by atoms with E-state index in [-0.39, 0.29) is 4.90 Å². The van der Waals surface area contributed by atoms with E-state index in [0.29, 0.717) is 15.9 Å².